The molecular formula is C12H18N4O3. The lowest BCUT2D eigenvalue weighted by molar-refractivity contribution is 0.0658. The van der Waals surface area contributed by atoms with Crippen LogP contribution in [0.15, 0.2) is 17.1 Å². The fourth-order valence-electron chi connectivity index (χ4n) is 1.93. The Kier molecular flexibility index (Phi) is 4.03. The summed E-state index contributed by atoms with van der Waals surface area (Å²) in [5, 5.41) is 2.84. The predicted octanol–water partition coefficient (Wildman–Crippen LogP) is 0.550. The van der Waals surface area contributed by atoms with Crippen molar-refractivity contribution < 1.29 is 14.0 Å². The van der Waals surface area contributed by atoms with Crippen LogP contribution < -0.4 is 5.32 Å². The van der Waals surface area contributed by atoms with Gasteiger partial charge in [-0.3, -0.25) is 4.79 Å². The van der Waals surface area contributed by atoms with E-state index in [4.69, 9.17) is 4.42 Å². The van der Waals surface area contributed by atoms with E-state index in [9.17, 15) is 9.59 Å². The van der Waals surface area contributed by atoms with Crippen LogP contribution in [0.2, 0.25) is 0 Å². The molecular weight excluding hydrogens is 248 g/mol. The molecule has 0 spiro atoms. The second-order valence-electron chi connectivity index (χ2n) is 4.76. The number of rotatable bonds is 2. The third kappa shape index (κ3) is 3.24. The van der Waals surface area contributed by atoms with E-state index in [0.717, 1.165) is 0 Å². The molecule has 104 valence electrons. The molecule has 0 bridgehead atoms. The Morgan fingerprint density at radius 2 is 1.89 bits per heavy atom. The summed E-state index contributed by atoms with van der Waals surface area (Å²) < 4.78 is 4.80. The number of hydrogen-bond donors (Lipinski definition) is 1. The fraction of sp³-hybridized carbons (Fsp3) is 0.583. The van der Waals surface area contributed by atoms with Gasteiger partial charge in [-0.1, -0.05) is 0 Å². The van der Waals surface area contributed by atoms with Crippen LogP contribution in [-0.2, 0) is 0 Å². The van der Waals surface area contributed by atoms with Gasteiger partial charge in [-0.25, -0.2) is 9.78 Å². The van der Waals surface area contributed by atoms with Crippen LogP contribution in [0.3, 0.4) is 0 Å². The van der Waals surface area contributed by atoms with Gasteiger partial charge in [0.05, 0.1) is 0 Å². The minimum atomic E-state index is -0.155. The van der Waals surface area contributed by atoms with E-state index < -0.39 is 0 Å². The summed E-state index contributed by atoms with van der Waals surface area (Å²) in [7, 11) is 0. The topological polar surface area (TPSA) is 78.7 Å². The van der Waals surface area contributed by atoms with Crippen LogP contribution in [0.5, 0.6) is 0 Å². The van der Waals surface area contributed by atoms with Gasteiger partial charge in [-0.15, -0.1) is 0 Å². The van der Waals surface area contributed by atoms with Crippen molar-refractivity contribution >= 4 is 11.9 Å². The Morgan fingerprint density at radius 1 is 1.26 bits per heavy atom. The maximum atomic E-state index is 12.0. The van der Waals surface area contributed by atoms with Crippen molar-refractivity contribution in [1.29, 1.82) is 0 Å². The molecule has 1 aromatic heterocycles. The molecule has 19 heavy (non-hydrogen) atoms. The van der Waals surface area contributed by atoms with E-state index in [0.29, 0.717) is 31.9 Å². The molecule has 1 N–H and O–H groups in total. The molecule has 1 saturated heterocycles. The van der Waals surface area contributed by atoms with Crippen LogP contribution >= 0.6 is 0 Å². The van der Waals surface area contributed by atoms with Gasteiger partial charge < -0.3 is 19.5 Å². The minimum absolute atomic E-state index is 0.0801. The average Bonchev–Trinajstić information content (AvgIpc) is 2.91. The van der Waals surface area contributed by atoms with Crippen molar-refractivity contribution in [2.45, 2.75) is 19.9 Å². The summed E-state index contributed by atoms with van der Waals surface area (Å²) in [4.78, 5) is 31.0. The van der Waals surface area contributed by atoms with Gasteiger partial charge in [0.15, 0.2) is 12.1 Å². The van der Waals surface area contributed by atoms with Gasteiger partial charge in [0.2, 0.25) is 0 Å². The van der Waals surface area contributed by atoms with Crippen molar-refractivity contribution in [3.8, 4) is 0 Å². The number of hydrogen-bond acceptors (Lipinski definition) is 4. The summed E-state index contributed by atoms with van der Waals surface area (Å²) in [6.45, 7) is 5.92. The summed E-state index contributed by atoms with van der Waals surface area (Å²) in [6.07, 6.45) is 2.57. The number of piperazine rings is 1. The largest absolute Gasteiger partial charge is 0.451 e. The molecule has 1 aliphatic heterocycles. The van der Waals surface area contributed by atoms with Crippen molar-refractivity contribution in [1.82, 2.24) is 20.1 Å². The fourth-order valence-corrected chi connectivity index (χ4v) is 1.93. The molecule has 0 aliphatic carbocycles. The molecule has 3 amide bonds. The highest BCUT2D eigenvalue weighted by molar-refractivity contribution is 5.92. The summed E-state index contributed by atoms with van der Waals surface area (Å²) in [5.74, 6) is -0.155. The maximum Gasteiger partial charge on any atom is 0.317 e. The first kappa shape index (κ1) is 13.4. The number of carbonyl (C=O) groups is 2. The Bertz CT molecular complexity index is 436. The Labute approximate surface area is 111 Å². The highest BCUT2D eigenvalue weighted by atomic mass is 16.3. The molecule has 0 aromatic carbocycles. The van der Waals surface area contributed by atoms with Gasteiger partial charge in [-0.05, 0) is 13.8 Å². The van der Waals surface area contributed by atoms with Crippen LogP contribution in [0, 0.1) is 0 Å². The zero-order chi connectivity index (χ0) is 13.8. The summed E-state index contributed by atoms with van der Waals surface area (Å²) in [6, 6.07) is 0.0332. The second-order valence-corrected chi connectivity index (χ2v) is 4.76. The number of nitrogens with one attached hydrogen (secondary N) is 1. The van der Waals surface area contributed by atoms with Gasteiger partial charge in [-0.2, -0.15) is 0 Å². The van der Waals surface area contributed by atoms with E-state index >= 15 is 0 Å². The van der Waals surface area contributed by atoms with E-state index in [1.165, 1.54) is 12.7 Å². The van der Waals surface area contributed by atoms with Crippen LogP contribution in [0.4, 0.5) is 4.79 Å². The Balaban J connectivity index is 1.86. The third-order valence-corrected chi connectivity index (χ3v) is 2.92. The smallest absolute Gasteiger partial charge is 0.317 e. The Morgan fingerprint density at radius 3 is 2.42 bits per heavy atom. The molecule has 1 fully saturated rings. The van der Waals surface area contributed by atoms with Gasteiger partial charge in [0, 0.05) is 32.2 Å². The molecule has 0 radical (unpaired) electrons. The zero-order valence-corrected chi connectivity index (χ0v) is 11.1. The van der Waals surface area contributed by atoms with E-state index in [-0.39, 0.29) is 18.0 Å². The third-order valence-electron chi connectivity index (χ3n) is 2.92. The van der Waals surface area contributed by atoms with Crippen LogP contribution in [-0.4, -0.2) is 58.9 Å². The van der Waals surface area contributed by atoms with E-state index in [2.05, 4.69) is 10.3 Å². The summed E-state index contributed by atoms with van der Waals surface area (Å²) >= 11 is 0. The van der Waals surface area contributed by atoms with Crippen molar-refractivity contribution in [3.05, 3.63) is 18.4 Å². The molecule has 0 atom stereocenters. The molecule has 0 saturated carbocycles. The quantitative estimate of drug-likeness (QED) is 0.848. The molecule has 1 aromatic rings. The van der Waals surface area contributed by atoms with Gasteiger partial charge >= 0.3 is 6.03 Å². The molecule has 7 heteroatoms. The van der Waals surface area contributed by atoms with Crippen LogP contribution in [0.25, 0.3) is 0 Å². The Hall–Kier alpha value is -2.05. The first-order chi connectivity index (χ1) is 9.08. The first-order valence-electron chi connectivity index (χ1n) is 6.31. The highest BCUT2D eigenvalue weighted by Gasteiger charge is 2.25. The molecule has 2 heterocycles. The standard InChI is InChI=1S/C12H18N4O3/c1-9(2)14-12(18)16-5-3-15(4-6-16)11(17)10-7-19-8-13-10/h7-9H,3-6H2,1-2H3,(H,14,18). The van der Waals surface area contributed by atoms with Crippen molar-refractivity contribution in [3.63, 3.8) is 0 Å². The van der Waals surface area contributed by atoms with Crippen molar-refractivity contribution in [2.75, 3.05) is 26.2 Å². The minimum Gasteiger partial charge on any atom is -0.451 e. The van der Waals surface area contributed by atoms with Crippen LogP contribution in [0.1, 0.15) is 24.3 Å². The lowest BCUT2D eigenvalue weighted by atomic mass is 10.3. The van der Waals surface area contributed by atoms with E-state index in [1.807, 2.05) is 13.8 Å². The van der Waals surface area contributed by atoms with Gasteiger partial charge in [0.25, 0.3) is 5.91 Å². The monoisotopic (exact) mass is 266 g/mol. The average molecular weight is 266 g/mol. The molecule has 2 rings (SSSR count). The zero-order valence-electron chi connectivity index (χ0n) is 11.1. The maximum absolute atomic E-state index is 12.0. The molecule has 7 nitrogen and oxygen atoms in total. The number of urea groups is 1. The van der Waals surface area contributed by atoms with Crippen molar-refractivity contribution in [2.24, 2.45) is 0 Å². The normalized spacial score (nSPS) is 15.7. The first-order valence-corrected chi connectivity index (χ1v) is 6.31. The molecule has 1 aliphatic rings. The number of aromatic nitrogens is 1. The van der Waals surface area contributed by atoms with E-state index in [1.54, 1.807) is 9.80 Å². The number of nitrogens with zero attached hydrogens (tertiary/aromatic N) is 3. The number of carbonyl (C=O) groups excluding carboxylic acids is 2. The highest BCUT2D eigenvalue weighted by Crippen LogP contribution is 2.07. The lowest BCUT2D eigenvalue weighted by Crippen LogP contribution is -2.54. The number of oxazole rings is 1. The number of amides is 3. The lowest BCUT2D eigenvalue weighted by Gasteiger charge is -2.34. The predicted molar refractivity (Wildman–Crippen MR) is 67.6 cm³/mol. The van der Waals surface area contributed by atoms with Gasteiger partial charge in [0.1, 0.15) is 6.26 Å². The second kappa shape index (κ2) is 5.73. The SMILES string of the molecule is CC(C)NC(=O)N1CCN(C(=O)c2cocn2)CC1. The summed E-state index contributed by atoms with van der Waals surface area (Å²) in [5.41, 5.74) is 0.306. The molecule has 0 unspecified atom stereocenters.